The molecule has 2 N–H and O–H groups in total. The molecule has 0 saturated carbocycles. The fraction of sp³-hybridized carbons (Fsp3) is 0.458. The van der Waals surface area contributed by atoms with Crippen LogP contribution in [-0.4, -0.2) is 64.9 Å². The minimum atomic E-state index is 0.762. The van der Waals surface area contributed by atoms with Crippen molar-refractivity contribution >= 4 is 11.6 Å². The van der Waals surface area contributed by atoms with E-state index in [0.29, 0.717) is 0 Å². The van der Waals surface area contributed by atoms with Crippen LogP contribution >= 0.6 is 0 Å². The van der Waals surface area contributed by atoms with Gasteiger partial charge in [0.15, 0.2) is 5.96 Å². The second kappa shape index (κ2) is 11.6. The summed E-state index contributed by atoms with van der Waals surface area (Å²) in [6.07, 6.45) is 0.960. The normalized spacial score (nSPS) is 15.1. The van der Waals surface area contributed by atoms with E-state index >= 15 is 0 Å². The van der Waals surface area contributed by atoms with Crippen molar-refractivity contribution in [2.24, 2.45) is 4.99 Å². The lowest BCUT2D eigenvalue weighted by molar-refractivity contribution is 0.0341. The molecule has 1 heterocycles. The number of morpholine rings is 1. The quantitative estimate of drug-likeness (QED) is 0.518. The van der Waals surface area contributed by atoms with Gasteiger partial charge >= 0.3 is 0 Å². The second-order valence-corrected chi connectivity index (χ2v) is 7.82. The first-order valence-electron chi connectivity index (χ1n) is 10.7. The summed E-state index contributed by atoms with van der Waals surface area (Å²) in [4.78, 5) is 8.95. The Bertz CT molecular complexity index is 797. The van der Waals surface area contributed by atoms with Crippen LogP contribution < -0.4 is 15.5 Å². The zero-order valence-electron chi connectivity index (χ0n) is 18.5. The van der Waals surface area contributed by atoms with Crippen molar-refractivity contribution in [2.75, 3.05) is 58.9 Å². The Labute approximate surface area is 180 Å². The molecular weight excluding hydrogens is 374 g/mol. The Hall–Kier alpha value is -2.57. The standard InChI is InChI=1S/C24H35N5O/c1-25-24(26-13-12-20-8-10-23(11-9-20)28(2)3)27-18-21-6-4-5-7-22(21)19-29-14-16-30-17-15-29/h4-11H,12-19H2,1-3H3,(H2,25,26,27). The highest BCUT2D eigenvalue weighted by molar-refractivity contribution is 5.79. The van der Waals surface area contributed by atoms with E-state index in [9.17, 15) is 0 Å². The Balaban J connectivity index is 1.47. The first kappa shape index (κ1) is 22.1. The van der Waals surface area contributed by atoms with Gasteiger partial charge in [0.25, 0.3) is 0 Å². The van der Waals surface area contributed by atoms with Gasteiger partial charge in [0.1, 0.15) is 0 Å². The molecule has 3 rings (SSSR count). The van der Waals surface area contributed by atoms with Gasteiger partial charge in [-0.3, -0.25) is 9.89 Å². The van der Waals surface area contributed by atoms with Crippen LogP contribution in [0.4, 0.5) is 5.69 Å². The van der Waals surface area contributed by atoms with Crippen molar-refractivity contribution in [2.45, 2.75) is 19.5 Å². The monoisotopic (exact) mass is 409 g/mol. The fourth-order valence-electron chi connectivity index (χ4n) is 3.57. The van der Waals surface area contributed by atoms with E-state index in [1.54, 1.807) is 0 Å². The highest BCUT2D eigenvalue weighted by atomic mass is 16.5. The van der Waals surface area contributed by atoms with Gasteiger partial charge in [0, 0.05) is 59.6 Å². The molecule has 1 fully saturated rings. The molecule has 0 aromatic heterocycles. The predicted molar refractivity (Wildman–Crippen MR) is 125 cm³/mol. The van der Waals surface area contributed by atoms with Crippen LogP contribution in [0.2, 0.25) is 0 Å². The Kier molecular flexibility index (Phi) is 8.53. The summed E-state index contributed by atoms with van der Waals surface area (Å²) < 4.78 is 5.47. The number of aliphatic imine (C=N–C) groups is 1. The number of nitrogens with one attached hydrogen (secondary N) is 2. The maximum atomic E-state index is 5.47. The number of hydrogen-bond acceptors (Lipinski definition) is 4. The highest BCUT2D eigenvalue weighted by Crippen LogP contribution is 2.13. The van der Waals surface area contributed by atoms with Gasteiger partial charge < -0.3 is 20.3 Å². The van der Waals surface area contributed by atoms with Crippen molar-refractivity contribution in [3.05, 3.63) is 65.2 Å². The van der Waals surface area contributed by atoms with Gasteiger partial charge in [0.2, 0.25) is 0 Å². The van der Waals surface area contributed by atoms with Crippen molar-refractivity contribution in [3.8, 4) is 0 Å². The summed E-state index contributed by atoms with van der Waals surface area (Å²) in [5.74, 6) is 0.834. The maximum Gasteiger partial charge on any atom is 0.191 e. The van der Waals surface area contributed by atoms with Crippen molar-refractivity contribution in [1.29, 1.82) is 0 Å². The Morgan fingerprint density at radius 2 is 1.70 bits per heavy atom. The van der Waals surface area contributed by atoms with Crippen LogP contribution in [0.1, 0.15) is 16.7 Å². The van der Waals surface area contributed by atoms with Crippen LogP contribution in [0.5, 0.6) is 0 Å². The number of hydrogen-bond donors (Lipinski definition) is 2. The van der Waals surface area contributed by atoms with E-state index in [1.165, 1.54) is 22.4 Å². The molecule has 0 bridgehead atoms. The van der Waals surface area contributed by atoms with Crippen LogP contribution in [0, 0.1) is 0 Å². The molecule has 30 heavy (non-hydrogen) atoms. The molecule has 0 aliphatic carbocycles. The second-order valence-electron chi connectivity index (χ2n) is 7.82. The van der Waals surface area contributed by atoms with Gasteiger partial charge in [-0.15, -0.1) is 0 Å². The molecule has 1 aliphatic rings. The third-order valence-corrected chi connectivity index (χ3v) is 5.44. The average molecular weight is 410 g/mol. The summed E-state index contributed by atoms with van der Waals surface area (Å²) in [6.45, 7) is 6.23. The molecular formula is C24H35N5O. The first-order valence-corrected chi connectivity index (χ1v) is 10.7. The summed E-state index contributed by atoms with van der Waals surface area (Å²) in [5, 5.41) is 6.89. The van der Waals surface area contributed by atoms with Crippen LogP contribution in [-0.2, 0) is 24.2 Å². The van der Waals surface area contributed by atoms with Crippen LogP contribution in [0.3, 0.4) is 0 Å². The number of anilines is 1. The van der Waals surface area contributed by atoms with E-state index in [-0.39, 0.29) is 0 Å². The predicted octanol–water partition coefficient (Wildman–Crippen LogP) is 2.49. The van der Waals surface area contributed by atoms with Gasteiger partial charge in [-0.1, -0.05) is 36.4 Å². The SMILES string of the molecule is CN=C(NCCc1ccc(N(C)C)cc1)NCc1ccccc1CN1CCOCC1. The molecule has 1 saturated heterocycles. The minimum Gasteiger partial charge on any atom is -0.379 e. The van der Waals surface area contributed by atoms with Crippen LogP contribution in [0.25, 0.3) is 0 Å². The van der Waals surface area contributed by atoms with Crippen molar-refractivity contribution in [1.82, 2.24) is 15.5 Å². The number of nitrogens with zero attached hydrogens (tertiary/aromatic N) is 3. The summed E-state index contributed by atoms with van der Waals surface area (Å²) in [6, 6.07) is 17.3. The molecule has 0 radical (unpaired) electrons. The third-order valence-electron chi connectivity index (χ3n) is 5.44. The highest BCUT2D eigenvalue weighted by Gasteiger charge is 2.12. The molecule has 2 aromatic carbocycles. The molecule has 0 spiro atoms. The minimum absolute atomic E-state index is 0.762. The Morgan fingerprint density at radius 3 is 2.37 bits per heavy atom. The van der Waals surface area contributed by atoms with E-state index in [2.05, 4.69) is 88.1 Å². The topological polar surface area (TPSA) is 52.1 Å². The first-order chi connectivity index (χ1) is 14.7. The van der Waals surface area contributed by atoms with Crippen LogP contribution in [0.15, 0.2) is 53.5 Å². The van der Waals surface area contributed by atoms with E-state index in [4.69, 9.17) is 4.74 Å². The number of benzene rings is 2. The van der Waals surface area contributed by atoms with Gasteiger partial charge in [-0.2, -0.15) is 0 Å². The molecule has 2 aromatic rings. The van der Waals surface area contributed by atoms with E-state index < -0.39 is 0 Å². The number of guanidine groups is 1. The summed E-state index contributed by atoms with van der Waals surface area (Å²) in [7, 11) is 5.94. The van der Waals surface area contributed by atoms with E-state index in [1.807, 2.05) is 7.05 Å². The molecule has 0 unspecified atom stereocenters. The lowest BCUT2D eigenvalue weighted by atomic mass is 10.1. The molecule has 0 atom stereocenters. The summed E-state index contributed by atoms with van der Waals surface area (Å²) in [5.41, 5.74) is 5.22. The smallest absolute Gasteiger partial charge is 0.191 e. The maximum absolute atomic E-state index is 5.47. The lowest BCUT2D eigenvalue weighted by Gasteiger charge is -2.27. The summed E-state index contributed by atoms with van der Waals surface area (Å²) >= 11 is 0. The molecule has 6 heteroatoms. The van der Waals surface area contributed by atoms with Crippen molar-refractivity contribution < 1.29 is 4.74 Å². The fourth-order valence-corrected chi connectivity index (χ4v) is 3.57. The molecule has 6 nitrogen and oxygen atoms in total. The zero-order valence-corrected chi connectivity index (χ0v) is 18.5. The molecule has 1 aliphatic heterocycles. The Morgan fingerprint density at radius 1 is 1.00 bits per heavy atom. The van der Waals surface area contributed by atoms with Crippen molar-refractivity contribution in [3.63, 3.8) is 0 Å². The number of ether oxygens (including phenoxy) is 1. The average Bonchev–Trinajstić information content (AvgIpc) is 2.78. The van der Waals surface area contributed by atoms with E-state index in [0.717, 1.165) is 58.3 Å². The van der Waals surface area contributed by atoms with Gasteiger partial charge in [-0.05, 0) is 35.2 Å². The zero-order chi connectivity index (χ0) is 21.2. The van der Waals surface area contributed by atoms with Gasteiger partial charge in [0.05, 0.1) is 13.2 Å². The molecule has 0 amide bonds. The van der Waals surface area contributed by atoms with Gasteiger partial charge in [-0.25, -0.2) is 0 Å². The lowest BCUT2D eigenvalue weighted by Crippen LogP contribution is -2.38. The molecule has 162 valence electrons. The largest absolute Gasteiger partial charge is 0.379 e. The third kappa shape index (κ3) is 6.75. The number of rotatable bonds is 8.